The summed E-state index contributed by atoms with van der Waals surface area (Å²) >= 11 is 0. The van der Waals surface area contributed by atoms with E-state index < -0.39 is 0 Å². The third kappa shape index (κ3) is 3.82. The fraction of sp³-hybridized carbons (Fsp3) is 0.300. The van der Waals surface area contributed by atoms with Gasteiger partial charge in [0.2, 0.25) is 6.41 Å². The van der Waals surface area contributed by atoms with E-state index >= 15 is 0 Å². The van der Waals surface area contributed by atoms with Gasteiger partial charge in [-0.3, -0.25) is 9.59 Å². The van der Waals surface area contributed by atoms with Gasteiger partial charge >= 0.3 is 0 Å². The van der Waals surface area contributed by atoms with Crippen LogP contribution in [0.5, 0.6) is 0 Å². The molecule has 0 N–H and O–H groups in total. The van der Waals surface area contributed by atoms with Crippen LogP contribution in [0.1, 0.15) is 21.5 Å². The smallest absolute Gasteiger partial charge is 0.254 e. The Morgan fingerprint density at radius 2 is 1.54 bits per heavy atom. The average molecular weight is 322 g/mol. The Kier molecular flexibility index (Phi) is 5.26. The van der Waals surface area contributed by atoms with Gasteiger partial charge in [-0.2, -0.15) is 0 Å². The van der Waals surface area contributed by atoms with Gasteiger partial charge in [-0.15, -0.1) is 0 Å². The number of aryl methyl sites for hydroxylation is 2. The summed E-state index contributed by atoms with van der Waals surface area (Å²) in [6.07, 6.45) is 2.62. The maximum absolute atomic E-state index is 12.8. The van der Waals surface area contributed by atoms with Crippen molar-refractivity contribution in [2.75, 3.05) is 26.2 Å². The minimum Gasteiger partial charge on any atom is -0.342 e. The van der Waals surface area contributed by atoms with E-state index in [4.69, 9.17) is 0 Å². The van der Waals surface area contributed by atoms with Crippen LogP contribution >= 0.6 is 0 Å². The van der Waals surface area contributed by atoms with Crippen molar-refractivity contribution in [2.45, 2.75) is 12.8 Å². The second-order valence-electron chi connectivity index (χ2n) is 6.08. The fourth-order valence-corrected chi connectivity index (χ4v) is 3.07. The molecule has 3 rings (SSSR count). The summed E-state index contributed by atoms with van der Waals surface area (Å²) in [6, 6.07) is 18.2. The maximum Gasteiger partial charge on any atom is 0.254 e. The molecule has 1 saturated heterocycles. The molecule has 4 heteroatoms. The third-order valence-corrected chi connectivity index (χ3v) is 4.52. The van der Waals surface area contributed by atoms with Crippen LogP contribution in [0, 0.1) is 0 Å². The molecule has 0 atom stereocenters. The number of benzene rings is 2. The van der Waals surface area contributed by atoms with Crippen LogP contribution in [0.4, 0.5) is 0 Å². The van der Waals surface area contributed by atoms with Crippen molar-refractivity contribution in [3.63, 3.8) is 0 Å². The standard InChI is InChI=1S/C20H22N2O2/c23-16-21-12-14-22(15-13-21)20(24)19-9-5-4-8-18(19)11-10-17-6-2-1-3-7-17/h1-9,16H,10-15H2. The minimum absolute atomic E-state index is 0.0733. The van der Waals surface area contributed by atoms with E-state index in [1.165, 1.54) is 5.56 Å². The molecule has 0 spiro atoms. The topological polar surface area (TPSA) is 40.6 Å². The molecule has 0 aliphatic carbocycles. The molecule has 4 nitrogen and oxygen atoms in total. The third-order valence-electron chi connectivity index (χ3n) is 4.52. The van der Waals surface area contributed by atoms with Gasteiger partial charge in [0.25, 0.3) is 5.91 Å². The largest absolute Gasteiger partial charge is 0.342 e. The first-order chi connectivity index (χ1) is 11.8. The summed E-state index contributed by atoms with van der Waals surface area (Å²) in [5, 5.41) is 0. The van der Waals surface area contributed by atoms with Crippen LogP contribution < -0.4 is 0 Å². The fourth-order valence-electron chi connectivity index (χ4n) is 3.07. The first-order valence-electron chi connectivity index (χ1n) is 8.38. The monoisotopic (exact) mass is 322 g/mol. The van der Waals surface area contributed by atoms with Crippen molar-refractivity contribution in [3.8, 4) is 0 Å². The number of amides is 2. The molecule has 0 unspecified atom stereocenters. The Balaban J connectivity index is 1.69. The van der Waals surface area contributed by atoms with E-state index in [1.54, 1.807) is 4.90 Å². The highest BCUT2D eigenvalue weighted by Gasteiger charge is 2.22. The minimum atomic E-state index is 0.0733. The molecule has 1 heterocycles. The summed E-state index contributed by atoms with van der Waals surface area (Å²) in [7, 11) is 0. The molecule has 0 aromatic heterocycles. The summed E-state index contributed by atoms with van der Waals surface area (Å²) in [6.45, 7) is 2.43. The Morgan fingerprint density at radius 1 is 0.875 bits per heavy atom. The van der Waals surface area contributed by atoms with E-state index in [2.05, 4.69) is 12.1 Å². The lowest BCUT2D eigenvalue weighted by Gasteiger charge is -2.33. The molecule has 2 aromatic rings. The molecule has 2 amide bonds. The zero-order chi connectivity index (χ0) is 16.8. The zero-order valence-electron chi connectivity index (χ0n) is 13.7. The molecule has 0 saturated carbocycles. The summed E-state index contributed by atoms with van der Waals surface area (Å²) < 4.78 is 0. The highest BCUT2D eigenvalue weighted by atomic mass is 16.2. The van der Waals surface area contributed by atoms with Crippen LogP contribution in [0.15, 0.2) is 54.6 Å². The van der Waals surface area contributed by atoms with Gasteiger partial charge in [0.05, 0.1) is 0 Å². The van der Waals surface area contributed by atoms with Crippen molar-refractivity contribution >= 4 is 12.3 Å². The molecule has 1 fully saturated rings. The highest BCUT2D eigenvalue weighted by molar-refractivity contribution is 5.95. The number of hydrogen-bond donors (Lipinski definition) is 0. The second-order valence-corrected chi connectivity index (χ2v) is 6.08. The lowest BCUT2D eigenvalue weighted by molar-refractivity contribution is -0.119. The Bertz CT molecular complexity index is 692. The van der Waals surface area contributed by atoms with Crippen molar-refractivity contribution in [1.29, 1.82) is 0 Å². The van der Waals surface area contributed by atoms with Gasteiger partial charge in [-0.25, -0.2) is 0 Å². The number of carbonyl (C=O) groups excluding carboxylic acids is 2. The molecule has 0 bridgehead atoms. The first kappa shape index (κ1) is 16.2. The summed E-state index contributed by atoms with van der Waals surface area (Å²) in [5.74, 6) is 0.0733. The Hall–Kier alpha value is -2.62. The molecule has 124 valence electrons. The van der Waals surface area contributed by atoms with Gasteiger partial charge in [0.1, 0.15) is 0 Å². The molecule has 0 radical (unpaired) electrons. The average Bonchev–Trinajstić information content (AvgIpc) is 2.67. The molecule has 1 aliphatic heterocycles. The van der Waals surface area contributed by atoms with Crippen LogP contribution in [-0.2, 0) is 17.6 Å². The van der Waals surface area contributed by atoms with Crippen LogP contribution in [0.25, 0.3) is 0 Å². The SMILES string of the molecule is O=CN1CCN(C(=O)c2ccccc2CCc2ccccc2)CC1. The quantitative estimate of drug-likeness (QED) is 0.793. The first-order valence-corrected chi connectivity index (χ1v) is 8.38. The number of hydrogen-bond acceptors (Lipinski definition) is 2. The number of nitrogens with zero attached hydrogens (tertiary/aromatic N) is 2. The van der Waals surface area contributed by atoms with Crippen molar-refractivity contribution in [3.05, 3.63) is 71.3 Å². The predicted molar refractivity (Wildman–Crippen MR) is 93.8 cm³/mol. The van der Waals surface area contributed by atoms with E-state index in [1.807, 2.05) is 47.4 Å². The lowest BCUT2D eigenvalue weighted by Crippen LogP contribution is -2.48. The Labute approximate surface area is 142 Å². The normalized spacial score (nSPS) is 14.5. The number of rotatable bonds is 5. The van der Waals surface area contributed by atoms with Gasteiger partial charge < -0.3 is 9.80 Å². The van der Waals surface area contributed by atoms with Crippen LogP contribution in [0.3, 0.4) is 0 Å². The van der Waals surface area contributed by atoms with Gasteiger partial charge in [-0.1, -0.05) is 48.5 Å². The molecule has 1 aliphatic rings. The van der Waals surface area contributed by atoms with E-state index in [0.717, 1.165) is 30.4 Å². The lowest BCUT2D eigenvalue weighted by atomic mass is 9.99. The van der Waals surface area contributed by atoms with Crippen molar-refractivity contribution in [1.82, 2.24) is 9.80 Å². The van der Waals surface area contributed by atoms with Crippen LogP contribution in [-0.4, -0.2) is 48.3 Å². The van der Waals surface area contributed by atoms with Crippen LogP contribution in [0.2, 0.25) is 0 Å². The van der Waals surface area contributed by atoms with E-state index in [-0.39, 0.29) is 5.91 Å². The molecule has 2 aromatic carbocycles. The van der Waals surface area contributed by atoms with E-state index in [9.17, 15) is 9.59 Å². The number of piperazine rings is 1. The van der Waals surface area contributed by atoms with E-state index in [0.29, 0.717) is 26.2 Å². The van der Waals surface area contributed by atoms with Gasteiger partial charge in [0.15, 0.2) is 0 Å². The maximum atomic E-state index is 12.8. The zero-order valence-corrected chi connectivity index (χ0v) is 13.7. The second kappa shape index (κ2) is 7.77. The highest BCUT2D eigenvalue weighted by Crippen LogP contribution is 2.16. The molecule has 24 heavy (non-hydrogen) atoms. The van der Waals surface area contributed by atoms with Crippen molar-refractivity contribution in [2.24, 2.45) is 0 Å². The Morgan fingerprint density at radius 3 is 2.25 bits per heavy atom. The predicted octanol–water partition coefficient (Wildman–Crippen LogP) is 2.39. The summed E-state index contributed by atoms with van der Waals surface area (Å²) in [5.41, 5.74) is 3.15. The van der Waals surface area contributed by atoms with Crippen molar-refractivity contribution < 1.29 is 9.59 Å². The molecular weight excluding hydrogens is 300 g/mol. The molecular formula is C20H22N2O2. The van der Waals surface area contributed by atoms with Gasteiger partial charge in [-0.05, 0) is 30.0 Å². The number of carbonyl (C=O) groups is 2. The summed E-state index contributed by atoms with van der Waals surface area (Å²) in [4.78, 5) is 27.2. The van der Waals surface area contributed by atoms with Gasteiger partial charge in [0, 0.05) is 31.7 Å².